The van der Waals surface area contributed by atoms with Crippen molar-refractivity contribution in [1.29, 1.82) is 0 Å². The summed E-state index contributed by atoms with van der Waals surface area (Å²) in [5.74, 6) is 1.94. The predicted molar refractivity (Wildman–Crippen MR) is 107 cm³/mol. The number of rotatable bonds is 7. The van der Waals surface area contributed by atoms with Gasteiger partial charge in [0.2, 0.25) is 5.89 Å². The number of thiophene rings is 1. The number of aliphatic imine (C=N–C) groups is 1. The molecular weight excluding hydrogens is 344 g/mol. The first-order valence-corrected chi connectivity index (χ1v) is 9.59. The van der Waals surface area contributed by atoms with Crippen molar-refractivity contribution in [3.8, 4) is 11.5 Å². The summed E-state index contributed by atoms with van der Waals surface area (Å²) in [5.41, 5.74) is 1.82. The van der Waals surface area contributed by atoms with Gasteiger partial charge in [-0.25, -0.2) is 4.98 Å². The summed E-state index contributed by atoms with van der Waals surface area (Å²) in [6.07, 6.45) is 2.76. The number of nitrogens with one attached hydrogen (secondary N) is 2. The first kappa shape index (κ1) is 18.2. The van der Waals surface area contributed by atoms with Gasteiger partial charge in [0.25, 0.3) is 0 Å². The third kappa shape index (κ3) is 5.20. The Bertz CT molecular complexity index is 811. The van der Waals surface area contributed by atoms with E-state index < -0.39 is 0 Å². The van der Waals surface area contributed by atoms with Crippen LogP contribution in [0.2, 0.25) is 0 Å². The van der Waals surface area contributed by atoms with Crippen molar-refractivity contribution in [2.24, 2.45) is 10.9 Å². The summed E-state index contributed by atoms with van der Waals surface area (Å²) in [6.45, 7) is 3.67. The Morgan fingerprint density at radius 1 is 1.19 bits per heavy atom. The maximum Gasteiger partial charge on any atom is 0.226 e. The molecule has 0 radical (unpaired) electrons. The Balaban J connectivity index is 1.46. The molecule has 2 N–H and O–H groups in total. The Hall–Kier alpha value is -2.60. The zero-order valence-corrected chi connectivity index (χ0v) is 15.9. The number of benzene rings is 1. The van der Waals surface area contributed by atoms with E-state index in [1.807, 2.05) is 30.3 Å². The highest BCUT2D eigenvalue weighted by Crippen LogP contribution is 2.17. The lowest BCUT2D eigenvalue weighted by Crippen LogP contribution is -2.39. The van der Waals surface area contributed by atoms with E-state index in [2.05, 4.69) is 45.0 Å². The molecule has 0 aliphatic carbocycles. The third-order valence-corrected chi connectivity index (χ3v) is 4.88. The Labute approximate surface area is 158 Å². The Kier molecular flexibility index (Phi) is 6.44. The second-order valence-corrected chi connectivity index (χ2v) is 7.24. The maximum atomic E-state index is 5.56. The molecule has 0 spiro atoms. The largest absolute Gasteiger partial charge is 0.444 e. The van der Waals surface area contributed by atoms with Gasteiger partial charge in [-0.3, -0.25) is 4.99 Å². The SMILES string of the molecule is CN=C(NCc1coc(-c2ccccc2)n1)NCC(C)Cc1cccs1. The summed E-state index contributed by atoms with van der Waals surface area (Å²) in [6, 6.07) is 14.2. The van der Waals surface area contributed by atoms with Gasteiger partial charge < -0.3 is 15.1 Å². The molecule has 3 rings (SSSR count). The van der Waals surface area contributed by atoms with Crippen LogP contribution < -0.4 is 10.6 Å². The van der Waals surface area contributed by atoms with Crippen molar-refractivity contribution in [2.45, 2.75) is 19.9 Å². The van der Waals surface area contributed by atoms with E-state index in [0.717, 1.165) is 30.2 Å². The molecule has 0 amide bonds. The molecular formula is C20H24N4OS. The fourth-order valence-corrected chi connectivity index (χ4v) is 3.48. The minimum atomic E-state index is 0.531. The lowest BCUT2D eigenvalue weighted by atomic mass is 10.1. The molecule has 6 heteroatoms. The first-order chi connectivity index (χ1) is 12.7. The monoisotopic (exact) mass is 368 g/mol. The van der Waals surface area contributed by atoms with Crippen LogP contribution in [0.15, 0.2) is 63.5 Å². The lowest BCUT2D eigenvalue weighted by molar-refractivity contribution is 0.560. The third-order valence-electron chi connectivity index (χ3n) is 3.98. The zero-order valence-electron chi connectivity index (χ0n) is 15.1. The standard InChI is InChI=1S/C20H24N4OS/c1-15(11-18-9-6-10-26-18)12-22-20(21-2)23-13-17-14-25-19(24-17)16-7-4-3-5-8-16/h3-10,14-15H,11-13H2,1-2H3,(H2,21,22,23). The molecule has 0 fully saturated rings. The van der Waals surface area contributed by atoms with Crippen LogP contribution in [0.25, 0.3) is 11.5 Å². The molecule has 2 aromatic heterocycles. The predicted octanol–water partition coefficient (Wildman–Crippen LogP) is 3.95. The number of hydrogen-bond acceptors (Lipinski definition) is 4. The van der Waals surface area contributed by atoms with Crippen molar-refractivity contribution < 1.29 is 4.42 Å². The summed E-state index contributed by atoms with van der Waals surface area (Å²) >= 11 is 1.81. The quantitative estimate of drug-likeness (QED) is 0.490. The van der Waals surface area contributed by atoms with Crippen molar-refractivity contribution in [3.05, 3.63) is 64.7 Å². The Morgan fingerprint density at radius 3 is 2.77 bits per heavy atom. The van der Waals surface area contributed by atoms with Gasteiger partial charge >= 0.3 is 0 Å². The molecule has 1 aromatic carbocycles. The molecule has 136 valence electrons. The van der Waals surface area contributed by atoms with Gasteiger partial charge in [-0.05, 0) is 35.9 Å². The van der Waals surface area contributed by atoms with Gasteiger partial charge in [0, 0.05) is 24.0 Å². The summed E-state index contributed by atoms with van der Waals surface area (Å²) in [7, 11) is 1.78. The van der Waals surface area contributed by atoms with Crippen LogP contribution in [0.3, 0.4) is 0 Å². The zero-order chi connectivity index (χ0) is 18.2. The molecule has 0 bridgehead atoms. The van der Waals surface area contributed by atoms with Gasteiger partial charge in [-0.1, -0.05) is 31.2 Å². The highest BCUT2D eigenvalue weighted by molar-refractivity contribution is 7.09. The summed E-state index contributed by atoms with van der Waals surface area (Å²) in [4.78, 5) is 10.2. The van der Waals surface area contributed by atoms with Gasteiger partial charge in [-0.2, -0.15) is 0 Å². The van der Waals surface area contributed by atoms with Crippen LogP contribution >= 0.6 is 11.3 Å². The molecule has 1 atom stereocenters. The minimum Gasteiger partial charge on any atom is -0.444 e. The van der Waals surface area contributed by atoms with E-state index >= 15 is 0 Å². The molecule has 1 unspecified atom stereocenters. The van der Waals surface area contributed by atoms with Crippen molar-refractivity contribution >= 4 is 17.3 Å². The van der Waals surface area contributed by atoms with E-state index in [1.165, 1.54) is 4.88 Å². The lowest BCUT2D eigenvalue weighted by Gasteiger charge is -2.15. The van der Waals surface area contributed by atoms with Crippen molar-refractivity contribution in [1.82, 2.24) is 15.6 Å². The normalized spacial score (nSPS) is 12.8. The second-order valence-electron chi connectivity index (χ2n) is 6.21. The fourth-order valence-electron chi connectivity index (χ4n) is 2.61. The van der Waals surface area contributed by atoms with Gasteiger partial charge in [0.05, 0.1) is 12.2 Å². The van der Waals surface area contributed by atoms with Crippen LogP contribution in [-0.2, 0) is 13.0 Å². The average molecular weight is 369 g/mol. The van der Waals surface area contributed by atoms with Crippen molar-refractivity contribution in [3.63, 3.8) is 0 Å². The van der Waals surface area contributed by atoms with Crippen LogP contribution in [0.4, 0.5) is 0 Å². The molecule has 2 heterocycles. The van der Waals surface area contributed by atoms with Gasteiger partial charge in [0.1, 0.15) is 6.26 Å². The second kappa shape index (κ2) is 9.20. The minimum absolute atomic E-state index is 0.531. The molecule has 0 saturated heterocycles. The molecule has 0 aliphatic heterocycles. The van der Waals surface area contributed by atoms with Gasteiger partial charge in [0.15, 0.2) is 5.96 Å². The fraction of sp³-hybridized carbons (Fsp3) is 0.300. The molecule has 0 aliphatic rings. The van der Waals surface area contributed by atoms with E-state index in [4.69, 9.17) is 4.42 Å². The van der Waals surface area contributed by atoms with Crippen LogP contribution in [0, 0.1) is 5.92 Å². The topological polar surface area (TPSA) is 62.5 Å². The number of nitrogens with zero attached hydrogens (tertiary/aromatic N) is 2. The smallest absolute Gasteiger partial charge is 0.226 e. The average Bonchev–Trinajstić information content (AvgIpc) is 3.34. The maximum absolute atomic E-state index is 5.56. The number of aromatic nitrogens is 1. The first-order valence-electron chi connectivity index (χ1n) is 8.71. The molecule has 5 nitrogen and oxygen atoms in total. The van der Waals surface area contributed by atoms with Gasteiger partial charge in [-0.15, -0.1) is 11.3 Å². The van der Waals surface area contributed by atoms with Crippen LogP contribution in [0.1, 0.15) is 17.5 Å². The highest BCUT2D eigenvalue weighted by atomic mass is 32.1. The van der Waals surface area contributed by atoms with E-state index in [-0.39, 0.29) is 0 Å². The summed E-state index contributed by atoms with van der Waals surface area (Å²) in [5, 5.41) is 8.78. The number of oxazole rings is 1. The van der Waals surface area contributed by atoms with E-state index in [0.29, 0.717) is 18.4 Å². The number of guanidine groups is 1. The Morgan fingerprint density at radius 2 is 2.04 bits per heavy atom. The molecule has 3 aromatic rings. The highest BCUT2D eigenvalue weighted by Gasteiger charge is 2.08. The van der Waals surface area contributed by atoms with Crippen LogP contribution in [0.5, 0.6) is 0 Å². The molecule has 0 saturated carbocycles. The summed E-state index contributed by atoms with van der Waals surface area (Å²) < 4.78 is 5.56. The van der Waals surface area contributed by atoms with E-state index in [1.54, 1.807) is 24.6 Å². The molecule has 26 heavy (non-hydrogen) atoms. The van der Waals surface area contributed by atoms with Crippen molar-refractivity contribution in [2.75, 3.05) is 13.6 Å². The van der Waals surface area contributed by atoms with E-state index in [9.17, 15) is 0 Å². The van der Waals surface area contributed by atoms with Crippen LogP contribution in [-0.4, -0.2) is 24.5 Å². The number of hydrogen-bond donors (Lipinski definition) is 2.